The molecule has 0 unspecified atom stereocenters. The van der Waals surface area contributed by atoms with Gasteiger partial charge in [0.1, 0.15) is 0 Å². The summed E-state index contributed by atoms with van der Waals surface area (Å²) in [6.45, 7) is 2.22. The first kappa shape index (κ1) is 17.1. The number of nitrogens with one attached hydrogen (secondary N) is 2. The lowest BCUT2D eigenvalue weighted by Crippen LogP contribution is -2.25. The lowest BCUT2D eigenvalue weighted by molar-refractivity contribution is -0.137. The first-order valence-corrected chi connectivity index (χ1v) is 7.95. The van der Waals surface area contributed by atoms with Gasteiger partial charge in [-0.25, -0.2) is 13.1 Å². The highest BCUT2D eigenvalue weighted by Crippen LogP contribution is 2.10. The van der Waals surface area contributed by atoms with Gasteiger partial charge >= 0.3 is 5.97 Å². The summed E-state index contributed by atoms with van der Waals surface area (Å²) in [5.41, 5.74) is 0.320. The number of carboxylic acid groups (broad SMARTS) is 1. The molecule has 0 spiro atoms. The second-order valence-corrected chi connectivity index (χ2v) is 6.05. The van der Waals surface area contributed by atoms with Gasteiger partial charge in [-0.15, -0.1) is 0 Å². The van der Waals surface area contributed by atoms with Crippen molar-refractivity contribution in [3.63, 3.8) is 0 Å². The van der Waals surface area contributed by atoms with E-state index in [2.05, 4.69) is 10.0 Å². The Hall–Kier alpha value is -1.93. The molecule has 0 aliphatic carbocycles. The van der Waals surface area contributed by atoms with Crippen LogP contribution >= 0.6 is 0 Å². The maximum absolute atomic E-state index is 11.8. The van der Waals surface area contributed by atoms with Gasteiger partial charge in [0.25, 0.3) is 5.91 Å². The molecule has 1 amide bonds. The number of carbonyl (C=O) groups is 2. The maximum Gasteiger partial charge on any atom is 0.303 e. The van der Waals surface area contributed by atoms with E-state index in [1.165, 1.54) is 24.3 Å². The van der Waals surface area contributed by atoms with E-state index in [0.717, 1.165) is 0 Å². The standard InChI is InChI=1S/C13H18N2O5S/c1-2-15-21(19,20)11-7-5-10(6-8-11)13(18)14-9-3-4-12(16)17/h5-8,15H,2-4,9H2,1H3,(H,14,18)(H,16,17). The number of rotatable bonds is 8. The summed E-state index contributed by atoms with van der Waals surface area (Å²) in [5.74, 6) is -1.28. The molecule has 8 heteroatoms. The second kappa shape index (κ2) is 7.75. The molecule has 0 bridgehead atoms. The first-order chi connectivity index (χ1) is 9.86. The third-order valence-electron chi connectivity index (χ3n) is 2.61. The SMILES string of the molecule is CCNS(=O)(=O)c1ccc(C(=O)NCCCC(=O)O)cc1. The molecule has 0 radical (unpaired) electrons. The van der Waals surface area contributed by atoms with Gasteiger partial charge in [-0.2, -0.15) is 0 Å². The fraction of sp³-hybridized carbons (Fsp3) is 0.385. The van der Waals surface area contributed by atoms with Gasteiger partial charge in [-0.1, -0.05) is 6.92 Å². The zero-order chi connectivity index (χ0) is 15.9. The Morgan fingerprint density at radius 2 is 1.81 bits per heavy atom. The van der Waals surface area contributed by atoms with Crippen molar-refractivity contribution < 1.29 is 23.1 Å². The molecule has 0 fully saturated rings. The summed E-state index contributed by atoms with van der Waals surface area (Å²) in [7, 11) is -3.53. The third kappa shape index (κ3) is 5.52. The largest absolute Gasteiger partial charge is 0.481 e. The second-order valence-electron chi connectivity index (χ2n) is 4.28. The highest BCUT2D eigenvalue weighted by Gasteiger charge is 2.13. The van der Waals surface area contributed by atoms with Crippen molar-refractivity contribution in [1.29, 1.82) is 0 Å². The van der Waals surface area contributed by atoms with Crippen molar-refractivity contribution in [2.75, 3.05) is 13.1 Å². The van der Waals surface area contributed by atoms with Crippen LogP contribution in [0, 0.1) is 0 Å². The summed E-state index contributed by atoms with van der Waals surface area (Å²) in [6.07, 6.45) is 0.327. The topological polar surface area (TPSA) is 113 Å². The van der Waals surface area contributed by atoms with Gasteiger partial charge in [-0.05, 0) is 30.7 Å². The van der Waals surface area contributed by atoms with Crippen molar-refractivity contribution in [3.05, 3.63) is 29.8 Å². The molecule has 0 saturated carbocycles. The zero-order valence-electron chi connectivity index (χ0n) is 11.6. The minimum Gasteiger partial charge on any atom is -0.481 e. The molecule has 1 aromatic rings. The van der Waals surface area contributed by atoms with Gasteiger partial charge in [0.15, 0.2) is 0 Å². The van der Waals surface area contributed by atoms with Crippen LogP contribution in [0.3, 0.4) is 0 Å². The molecular formula is C13H18N2O5S. The number of sulfonamides is 1. The van der Waals surface area contributed by atoms with Gasteiger partial charge < -0.3 is 10.4 Å². The minimum absolute atomic E-state index is 0.0137. The number of amides is 1. The molecule has 0 aliphatic heterocycles. The fourth-order valence-corrected chi connectivity index (χ4v) is 2.64. The molecule has 0 aromatic heterocycles. The number of benzene rings is 1. The fourth-order valence-electron chi connectivity index (χ4n) is 1.60. The lowest BCUT2D eigenvalue weighted by atomic mass is 10.2. The monoisotopic (exact) mass is 314 g/mol. The summed E-state index contributed by atoms with van der Waals surface area (Å²) in [5, 5.41) is 11.0. The van der Waals surface area contributed by atoms with Crippen LogP contribution in [-0.2, 0) is 14.8 Å². The Balaban J connectivity index is 2.61. The predicted molar refractivity (Wildman–Crippen MR) is 76.5 cm³/mol. The van der Waals surface area contributed by atoms with E-state index in [9.17, 15) is 18.0 Å². The van der Waals surface area contributed by atoms with E-state index in [1.807, 2.05) is 0 Å². The average molecular weight is 314 g/mol. The Labute approximate surface area is 123 Å². The number of hydrogen-bond donors (Lipinski definition) is 3. The number of hydrogen-bond acceptors (Lipinski definition) is 4. The maximum atomic E-state index is 11.8. The van der Waals surface area contributed by atoms with Crippen LogP contribution in [0.25, 0.3) is 0 Å². The molecule has 0 atom stereocenters. The molecule has 0 saturated heterocycles. The highest BCUT2D eigenvalue weighted by molar-refractivity contribution is 7.89. The molecular weight excluding hydrogens is 296 g/mol. The quantitative estimate of drug-likeness (QED) is 0.608. The van der Waals surface area contributed by atoms with Gasteiger partial charge in [0, 0.05) is 25.1 Å². The molecule has 116 valence electrons. The van der Waals surface area contributed by atoms with Crippen LogP contribution in [0.2, 0.25) is 0 Å². The van der Waals surface area contributed by atoms with Crippen molar-refractivity contribution in [1.82, 2.24) is 10.0 Å². The van der Waals surface area contributed by atoms with Crippen LogP contribution in [0.1, 0.15) is 30.1 Å². The van der Waals surface area contributed by atoms with Crippen LogP contribution in [-0.4, -0.2) is 38.5 Å². The minimum atomic E-state index is -3.53. The van der Waals surface area contributed by atoms with Crippen LogP contribution in [0.15, 0.2) is 29.2 Å². The van der Waals surface area contributed by atoms with Crippen LogP contribution in [0.5, 0.6) is 0 Å². The van der Waals surface area contributed by atoms with Gasteiger partial charge in [-0.3, -0.25) is 9.59 Å². The summed E-state index contributed by atoms with van der Waals surface area (Å²) < 4.78 is 25.8. The smallest absolute Gasteiger partial charge is 0.303 e. The van der Waals surface area contributed by atoms with Crippen molar-refractivity contribution in [2.24, 2.45) is 0 Å². The van der Waals surface area contributed by atoms with Crippen molar-refractivity contribution in [3.8, 4) is 0 Å². The van der Waals surface area contributed by atoms with E-state index < -0.39 is 16.0 Å². The normalized spacial score (nSPS) is 11.1. The summed E-state index contributed by atoms with van der Waals surface area (Å²) in [6, 6.07) is 5.53. The molecule has 3 N–H and O–H groups in total. The molecule has 1 aromatic carbocycles. The molecule has 0 aliphatic rings. The molecule has 0 heterocycles. The Kier molecular flexibility index (Phi) is 6.32. The number of carbonyl (C=O) groups excluding carboxylic acids is 1. The van der Waals surface area contributed by atoms with E-state index in [4.69, 9.17) is 5.11 Å². The zero-order valence-corrected chi connectivity index (χ0v) is 12.4. The molecule has 1 rings (SSSR count). The Bertz CT molecular complexity index is 595. The van der Waals surface area contributed by atoms with Gasteiger partial charge in [0.2, 0.25) is 10.0 Å². The van der Waals surface area contributed by atoms with E-state index in [1.54, 1.807) is 6.92 Å². The molecule has 21 heavy (non-hydrogen) atoms. The number of aliphatic carboxylic acids is 1. The summed E-state index contributed by atoms with van der Waals surface area (Å²) in [4.78, 5) is 22.2. The molecule has 7 nitrogen and oxygen atoms in total. The van der Waals surface area contributed by atoms with E-state index in [0.29, 0.717) is 12.0 Å². The van der Waals surface area contributed by atoms with Crippen LogP contribution in [0.4, 0.5) is 0 Å². The average Bonchev–Trinajstić information content (AvgIpc) is 2.43. The van der Waals surface area contributed by atoms with E-state index >= 15 is 0 Å². The van der Waals surface area contributed by atoms with Crippen LogP contribution < -0.4 is 10.0 Å². The number of carboxylic acids is 1. The van der Waals surface area contributed by atoms with Crippen molar-refractivity contribution in [2.45, 2.75) is 24.7 Å². The predicted octanol–water partition coefficient (Wildman–Crippen LogP) is 0.579. The van der Waals surface area contributed by atoms with E-state index in [-0.39, 0.29) is 30.3 Å². The van der Waals surface area contributed by atoms with Gasteiger partial charge in [0.05, 0.1) is 4.90 Å². The third-order valence-corrected chi connectivity index (χ3v) is 4.18. The Morgan fingerprint density at radius 1 is 1.19 bits per heavy atom. The highest BCUT2D eigenvalue weighted by atomic mass is 32.2. The Morgan fingerprint density at radius 3 is 2.33 bits per heavy atom. The van der Waals surface area contributed by atoms with Crippen molar-refractivity contribution >= 4 is 21.9 Å². The lowest BCUT2D eigenvalue weighted by Gasteiger charge is -2.07. The first-order valence-electron chi connectivity index (χ1n) is 6.46. The summed E-state index contributed by atoms with van der Waals surface area (Å²) >= 11 is 0.